The number of nitrogens with one attached hydrogen (secondary N) is 1. The highest BCUT2D eigenvalue weighted by molar-refractivity contribution is 6.31. The highest BCUT2D eigenvalue weighted by Crippen LogP contribution is 2.21. The van der Waals surface area contributed by atoms with Crippen molar-refractivity contribution >= 4 is 34.8 Å². The normalized spacial score (nSPS) is 10.4. The molecule has 126 valence electrons. The molecule has 0 aliphatic carbocycles. The maximum absolute atomic E-state index is 13.3. The van der Waals surface area contributed by atoms with Gasteiger partial charge in [0.1, 0.15) is 6.54 Å². The lowest BCUT2D eigenvalue weighted by molar-refractivity contribution is -0.120. The highest BCUT2D eigenvalue weighted by atomic mass is 35.5. The molecule has 0 heterocycles. The largest absolute Gasteiger partial charge is 0.324 e. The summed E-state index contributed by atoms with van der Waals surface area (Å²) in [5, 5.41) is 3.10. The van der Waals surface area contributed by atoms with Gasteiger partial charge in [0.2, 0.25) is 11.8 Å². The van der Waals surface area contributed by atoms with Gasteiger partial charge in [-0.3, -0.25) is 9.59 Å². The fraction of sp³-hybridized carbons (Fsp3) is 0.176. The monoisotopic (exact) mass is 352 g/mol. The maximum Gasteiger partial charge on any atom is 0.244 e. The number of hydrogen-bond donors (Lipinski definition) is 1. The predicted octanol–water partition coefficient (Wildman–Crippen LogP) is 3.92. The Hall–Kier alpha value is -2.47. The number of carbonyl (C=O) groups excluding carboxylic acids is 2. The van der Waals surface area contributed by atoms with Crippen LogP contribution in [0.4, 0.5) is 20.2 Å². The topological polar surface area (TPSA) is 49.4 Å². The molecule has 2 amide bonds. The lowest BCUT2D eigenvalue weighted by atomic mass is 10.2. The number of hydrogen-bond acceptors (Lipinski definition) is 2. The molecule has 0 aliphatic heterocycles. The van der Waals surface area contributed by atoms with Crippen molar-refractivity contribution in [2.24, 2.45) is 0 Å². The zero-order valence-electron chi connectivity index (χ0n) is 13.1. The Labute approximate surface area is 143 Å². The standard InChI is InChI=1S/C17H15ClF2N2O2/c1-10-3-4-12(7-14(10)18)21-17(24)9-22(11(2)23)13-5-6-15(19)16(20)8-13/h3-8H,9H2,1-2H3,(H,21,24). The predicted molar refractivity (Wildman–Crippen MR) is 89.2 cm³/mol. The third kappa shape index (κ3) is 4.29. The van der Waals surface area contributed by atoms with Crippen LogP contribution in [0.25, 0.3) is 0 Å². The molecule has 24 heavy (non-hydrogen) atoms. The third-order valence-electron chi connectivity index (χ3n) is 3.35. The van der Waals surface area contributed by atoms with E-state index in [0.29, 0.717) is 10.7 Å². The van der Waals surface area contributed by atoms with Gasteiger partial charge in [0, 0.05) is 29.4 Å². The van der Waals surface area contributed by atoms with Crippen LogP contribution in [0.3, 0.4) is 0 Å². The quantitative estimate of drug-likeness (QED) is 0.906. The molecule has 7 heteroatoms. The zero-order valence-corrected chi connectivity index (χ0v) is 13.8. The smallest absolute Gasteiger partial charge is 0.244 e. The van der Waals surface area contributed by atoms with Crippen molar-refractivity contribution in [2.75, 3.05) is 16.8 Å². The number of nitrogens with zero attached hydrogens (tertiary/aromatic N) is 1. The minimum atomic E-state index is -1.09. The molecule has 2 aromatic rings. The van der Waals surface area contributed by atoms with E-state index in [0.717, 1.165) is 22.6 Å². The van der Waals surface area contributed by atoms with Gasteiger partial charge in [0.05, 0.1) is 0 Å². The molecule has 0 spiro atoms. The minimum Gasteiger partial charge on any atom is -0.324 e. The van der Waals surface area contributed by atoms with Crippen molar-refractivity contribution in [3.05, 3.63) is 58.6 Å². The second-order valence-electron chi connectivity index (χ2n) is 5.22. The fourth-order valence-corrected chi connectivity index (χ4v) is 2.23. The summed E-state index contributed by atoms with van der Waals surface area (Å²) in [6.07, 6.45) is 0. The number of anilines is 2. The molecule has 2 aromatic carbocycles. The summed E-state index contributed by atoms with van der Waals surface area (Å²) < 4.78 is 26.4. The molecule has 0 atom stereocenters. The van der Waals surface area contributed by atoms with Crippen molar-refractivity contribution in [3.8, 4) is 0 Å². The van der Waals surface area contributed by atoms with E-state index in [1.54, 1.807) is 18.2 Å². The summed E-state index contributed by atoms with van der Waals surface area (Å²) in [4.78, 5) is 24.9. The van der Waals surface area contributed by atoms with Crippen molar-refractivity contribution in [1.29, 1.82) is 0 Å². The van der Waals surface area contributed by atoms with Gasteiger partial charge in [-0.1, -0.05) is 17.7 Å². The van der Waals surface area contributed by atoms with Crippen molar-refractivity contribution in [1.82, 2.24) is 0 Å². The van der Waals surface area contributed by atoms with E-state index in [-0.39, 0.29) is 12.2 Å². The average Bonchev–Trinajstić information content (AvgIpc) is 2.51. The molecule has 0 bridgehead atoms. The first-order valence-corrected chi connectivity index (χ1v) is 7.45. The Kier molecular flexibility index (Phi) is 5.51. The van der Waals surface area contributed by atoms with Gasteiger partial charge in [-0.05, 0) is 36.8 Å². The van der Waals surface area contributed by atoms with Crippen LogP contribution in [0.2, 0.25) is 5.02 Å². The van der Waals surface area contributed by atoms with E-state index in [4.69, 9.17) is 11.6 Å². The molecule has 0 fully saturated rings. The average molecular weight is 353 g/mol. The first kappa shape index (κ1) is 17.9. The Morgan fingerprint density at radius 2 is 1.83 bits per heavy atom. The van der Waals surface area contributed by atoms with E-state index in [1.807, 2.05) is 6.92 Å². The molecule has 0 unspecified atom stereocenters. The second-order valence-corrected chi connectivity index (χ2v) is 5.62. The Morgan fingerprint density at radius 3 is 2.42 bits per heavy atom. The molecule has 0 saturated carbocycles. The van der Waals surface area contributed by atoms with Crippen LogP contribution in [0.15, 0.2) is 36.4 Å². The maximum atomic E-state index is 13.3. The SMILES string of the molecule is CC(=O)N(CC(=O)Nc1ccc(C)c(Cl)c1)c1ccc(F)c(F)c1. The molecular formula is C17H15ClF2N2O2. The van der Waals surface area contributed by atoms with E-state index >= 15 is 0 Å². The summed E-state index contributed by atoms with van der Waals surface area (Å²) in [5.41, 5.74) is 1.43. The summed E-state index contributed by atoms with van der Waals surface area (Å²) in [5.74, 6) is -3.08. The van der Waals surface area contributed by atoms with Gasteiger partial charge in [0.15, 0.2) is 11.6 Å². The van der Waals surface area contributed by atoms with E-state index in [2.05, 4.69) is 5.32 Å². The van der Waals surface area contributed by atoms with Gasteiger partial charge in [-0.25, -0.2) is 8.78 Å². The van der Waals surface area contributed by atoms with Crippen molar-refractivity contribution < 1.29 is 18.4 Å². The number of carbonyl (C=O) groups is 2. The van der Waals surface area contributed by atoms with Crippen LogP contribution in [-0.2, 0) is 9.59 Å². The highest BCUT2D eigenvalue weighted by Gasteiger charge is 2.17. The molecule has 0 saturated heterocycles. The minimum absolute atomic E-state index is 0.0958. The Morgan fingerprint density at radius 1 is 1.12 bits per heavy atom. The number of halogens is 3. The van der Waals surface area contributed by atoms with Gasteiger partial charge in [-0.15, -0.1) is 0 Å². The molecule has 4 nitrogen and oxygen atoms in total. The number of amides is 2. The molecule has 2 rings (SSSR count). The number of rotatable bonds is 4. The molecule has 0 aromatic heterocycles. The number of aryl methyl sites for hydroxylation is 1. The van der Waals surface area contributed by atoms with Crippen LogP contribution in [0, 0.1) is 18.6 Å². The van der Waals surface area contributed by atoms with Gasteiger partial charge in [0.25, 0.3) is 0 Å². The molecule has 1 N–H and O–H groups in total. The first-order chi connectivity index (χ1) is 11.3. The van der Waals surface area contributed by atoms with E-state index in [9.17, 15) is 18.4 Å². The Balaban J connectivity index is 2.15. The summed E-state index contributed by atoms with van der Waals surface area (Å²) >= 11 is 5.99. The first-order valence-electron chi connectivity index (χ1n) is 7.07. The van der Waals surface area contributed by atoms with Crippen molar-refractivity contribution in [2.45, 2.75) is 13.8 Å². The third-order valence-corrected chi connectivity index (χ3v) is 3.76. The van der Waals surface area contributed by atoms with E-state index < -0.39 is 23.4 Å². The van der Waals surface area contributed by atoms with Crippen LogP contribution >= 0.6 is 11.6 Å². The second kappa shape index (κ2) is 7.40. The van der Waals surface area contributed by atoms with Gasteiger partial charge in [-0.2, -0.15) is 0 Å². The lowest BCUT2D eigenvalue weighted by Crippen LogP contribution is -2.36. The lowest BCUT2D eigenvalue weighted by Gasteiger charge is -2.21. The van der Waals surface area contributed by atoms with Crippen molar-refractivity contribution in [3.63, 3.8) is 0 Å². The summed E-state index contributed by atoms with van der Waals surface area (Å²) in [7, 11) is 0. The van der Waals surface area contributed by atoms with Gasteiger partial charge >= 0.3 is 0 Å². The van der Waals surface area contributed by atoms with Crippen LogP contribution in [-0.4, -0.2) is 18.4 Å². The number of benzene rings is 2. The van der Waals surface area contributed by atoms with Crippen LogP contribution in [0.5, 0.6) is 0 Å². The van der Waals surface area contributed by atoms with Crippen LogP contribution < -0.4 is 10.2 Å². The summed E-state index contributed by atoms with van der Waals surface area (Å²) in [6.45, 7) is 2.72. The fourth-order valence-electron chi connectivity index (χ4n) is 2.05. The molecular weight excluding hydrogens is 338 g/mol. The van der Waals surface area contributed by atoms with Crippen LogP contribution in [0.1, 0.15) is 12.5 Å². The molecule has 0 radical (unpaired) electrons. The Bertz CT molecular complexity index is 796. The molecule has 0 aliphatic rings. The van der Waals surface area contributed by atoms with E-state index in [1.165, 1.54) is 13.0 Å². The zero-order chi connectivity index (χ0) is 17.9. The van der Waals surface area contributed by atoms with Gasteiger partial charge < -0.3 is 10.2 Å². The summed E-state index contributed by atoms with van der Waals surface area (Å²) in [6, 6.07) is 8.01.